The topological polar surface area (TPSA) is 126 Å². The molecule has 0 unspecified atom stereocenters. The van der Waals surface area contributed by atoms with E-state index in [2.05, 4.69) is 10.3 Å². The fourth-order valence-electron chi connectivity index (χ4n) is 2.85. The zero-order valence-electron chi connectivity index (χ0n) is 15.9. The lowest BCUT2D eigenvalue weighted by Crippen LogP contribution is -2.14. The van der Waals surface area contributed by atoms with Crippen molar-refractivity contribution in [3.8, 4) is 16.2 Å². The monoisotopic (exact) mass is 426 g/mol. The standard InChI is InChI=1S/C21H18N2O6S/c1-12-18(29-11-17(25)26)20(21(27)28)30-19(12)14-3-2-4-15(10-14)23-16(24)9-13-5-7-22-8-6-13/h2-8,10H,9,11H2,1H3,(H,23,24)(H,25,26)(H,27,28). The van der Waals surface area contributed by atoms with E-state index in [1.165, 1.54) is 0 Å². The molecule has 0 saturated carbocycles. The number of nitrogens with one attached hydrogen (secondary N) is 1. The van der Waals surface area contributed by atoms with E-state index in [4.69, 9.17) is 9.84 Å². The van der Waals surface area contributed by atoms with Crippen molar-refractivity contribution in [3.05, 3.63) is 64.8 Å². The molecule has 154 valence electrons. The highest BCUT2D eigenvalue weighted by molar-refractivity contribution is 7.18. The number of amides is 1. The minimum atomic E-state index is -1.20. The molecule has 30 heavy (non-hydrogen) atoms. The van der Waals surface area contributed by atoms with Crippen molar-refractivity contribution in [1.29, 1.82) is 0 Å². The number of aromatic carboxylic acids is 1. The van der Waals surface area contributed by atoms with Gasteiger partial charge in [-0.05, 0) is 42.3 Å². The second kappa shape index (κ2) is 9.19. The molecule has 8 nitrogen and oxygen atoms in total. The van der Waals surface area contributed by atoms with E-state index in [-0.39, 0.29) is 23.0 Å². The lowest BCUT2D eigenvalue weighted by Gasteiger charge is -2.08. The van der Waals surface area contributed by atoms with E-state index in [1.807, 2.05) is 0 Å². The van der Waals surface area contributed by atoms with Gasteiger partial charge < -0.3 is 20.3 Å². The van der Waals surface area contributed by atoms with Crippen LogP contribution in [0, 0.1) is 6.92 Å². The average Bonchev–Trinajstić information content (AvgIpc) is 3.04. The van der Waals surface area contributed by atoms with Crippen LogP contribution in [0.4, 0.5) is 5.69 Å². The van der Waals surface area contributed by atoms with Crippen molar-refractivity contribution < 1.29 is 29.3 Å². The maximum absolute atomic E-state index is 12.3. The summed E-state index contributed by atoms with van der Waals surface area (Å²) < 4.78 is 5.21. The second-order valence-corrected chi connectivity index (χ2v) is 7.38. The third kappa shape index (κ3) is 5.00. The Labute approximate surface area is 175 Å². The Morgan fingerprint density at radius 2 is 1.87 bits per heavy atom. The lowest BCUT2D eigenvalue weighted by atomic mass is 10.1. The highest BCUT2D eigenvalue weighted by atomic mass is 32.1. The van der Waals surface area contributed by atoms with Crippen LogP contribution in [0.3, 0.4) is 0 Å². The molecule has 3 aromatic rings. The van der Waals surface area contributed by atoms with E-state index in [9.17, 15) is 19.5 Å². The van der Waals surface area contributed by atoms with Gasteiger partial charge in [0.2, 0.25) is 5.91 Å². The molecule has 3 N–H and O–H groups in total. The van der Waals surface area contributed by atoms with Crippen molar-refractivity contribution >= 4 is 34.9 Å². The van der Waals surface area contributed by atoms with Crippen LogP contribution in [-0.4, -0.2) is 39.6 Å². The van der Waals surface area contributed by atoms with Crippen molar-refractivity contribution in [2.45, 2.75) is 13.3 Å². The predicted molar refractivity (Wildman–Crippen MR) is 111 cm³/mol. The maximum Gasteiger partial charge on any atom is 0.349 e. The molecule has 0 radical (unpaired) electrons. The van der Waals surface area contributed by atoms with Crippen LogP contribution in [0.25, 0.3) is 10.4 Å². The second-order valence-electron chi connectivity index (χ2n) is 6.36. The summed E-state index contributed by atoms with van der Waals surface area (Å²) >= 11 is 0.992. The number of thiophene rings is 1. The van der Waals surface area contributed by atoms with Gasteiger partial charge in [-0.25, -0.2) is 9.59 Å². The number of carboxylic acids is 2. The molecule has 0 spiro atoms. The van der Waals surface area contributed by atoms with Crippen LogP contribution in [-0.2, 0) is 16.0 Å². The van der Waals surface area contributed by atoms with E-state index in [0.29, 0.717) is 21.7 Å². The van der Waals surface area contributed by atoms with E-state index in [1.54, 1.807) is 55.7 Å². The summed E-state index contributed by atoms with van der Waals surface area (Å²) in [5.74, 6) is -2.55. The fraction of sp³-hybridized carbons (Fsp3) is 0.143. The van der Waals surface area contributed by atoms with Gasteiger partial charge in [0.05, 0.1) is 6.42 Å². The van der Waals surface area contributed by atoms with Crippen molar-refractivity contribution in [2.24, 2.45) is 0 Å². The van der Waals surface area contributed by atoms with Gasteiger partial charge in [-0.15, -0.1) is 11.3 Å². The smallest absolute Gasteiger partial charge is 0.349 e. The molecule has 1 amide bonds. The summed E-state index contributed by atoms with van der Waals surface area (Å²) in [5, 5.41) is 21.1. The SMILES string of the molecule is Cc1c(-c2cccc(NC(=O)Cc3ccncc3)c2)sc(C(=O)O)c1OCC(=O)O. The number of ether oxygens (including phenoxy) is 1. The zero-order chi connectivity index (χ0) is 21.7. The summed E-state index contributed by atoms with van der Waals surface area (Å²) in [6.07, 6.45) is 3.43. The summed E-state index contributed by atoms with van der Waals surface area (Å²) in [7, 11) is 0. The molecular weight excluding hydrogens is 408 g/mol. The molecule has 2 aromatic heterocycles. The number of hydrogen-bond acceptors (Lipinski definition) is 6. The number of carboxylic acid groups (broad SMARTS) is 2. The molecule has 0 aliphatic rings. The first-order valence-electron chi connectivity index (χ1n) is 8.85. The lowest BCUT2D eigenvalue weighted by molar-refractivity contribution is -0.139. The Balaban J connectivity index is 1.84. The molecule has 0 saturated heterocycles. The normalized spacial score (nSPS) is 10.4. The predicted octanol–water partition coefficient (Wildman–Crippen LogP) is 3.46. The Bertz CT molecular complexity index is 1090. The Kier molecular flexibility index (Phi) is 6.43. The number of aromatic nitrogens is 1. The molecule has 9 heteroatoms. The van der Waals surface area contributed by atoms with Gasteiger partial charge in [-0.3, -0.25) is 9.78 Å². The molecule has 0 atom stereocenters. The molecule has 0 bridgehead atoms. The third-order valence-corrected chi connectivity index (χ3v) is 5.46. The van der Waals surface area contributed by atoms with Gasteiger partial charge in [0.25, 0.3) is 0 Å². The highest BCUT2D eigenvalue weighted by Gasteiger charge is 2.23. The molecule has 0 fully saturated rings. The van der Waals surface area contributed by atoms with E-state index >= 15 is 0 Å². The van der Waals surface area contributed by atoms with Crippen molar-refractivity contribution in [2.75, 3.05) is 11.9 Å². The molecule has 0 aliphatic heterocycles. The zero-order valence-corrected chi connectivity index (χ0v) is 16.7. The van der Waals surface area contributed by atoms with E-state index in [0.717, 1.165) is 16.9 Å². The summed E-state index contributed by atoms with van der Waals surface area (Å²) in [5.41, 5.74) is 2.61. The minimum Gasteiger partial charge on any atom is -0.480 e. The quantitative estimate of drug-likeness (QED) is 0.503. The first-order valence-corrected chi connectivity index (χ1v) is 9.67. The number of carbonyl (C=O) groups excluding carboxylic acids is 1. The van der Waals surface area contributed by atoms with Crippen LogP contribution in [0.1, 0.15) is 20.8 Å². The third-order valence-electron chi connectivity index (χ3n) is 4.15. The first-order chi connectivity index (χ1) is 14.3. The Morgan fingerprint density at radius 1 is 1.13 bits per heavy atom. The number of rotatable bonds is 8. The van der Waals surface area contributed by atoms with Crippen LogP contribution in [0.2, 0.25) is 0 Å². The van der Waals surface area contributed by atoms with Crippen LogP contribution in [0.15, 0.2) is 48.8 Å². The van der Waals surface area contributed by atoms with Crippen molar-refractivity contribution in [1.82, 2.24) is 4.98 Å². The minimum absolute atomic E-state index is 0.0389. The first kappa shape index (κ1) is 21.0. The van der Waals surface area contributed by atoms with Gasteiger partial charge in [-0.1, -0.05) is 12.1 Å². The van der Waals surface area contributed by atoms with Crippen molar-refractivity contribution in [3.63, 3.8) is 0 Å². The van der Waals surface area contributed by atoms with Crippen LogP contribution in [0.5, 0.6) is 5.75 Å². The number of hydrogen-bond donors (Lipinski definition) is 3. The number of carbonyl (C=O) groups is 3. The van der Waals surface area contributed by atoms with Crippen LogP contribution < -0.4 is 10.1 Å². The molecule has 1 aromatic carbocycles. The van der Waals surface area contributed by atoms with Crippen LogP contribution >= 0.6 is 11.3 Å². The molecular formula is C21H18N2O6S. The van der Waals surface area contributed by atoms with Gasteiger partial charge >= 0.3 is 11.9 Å². The molecule has 2 heterocycles. The number of benzene rings is 1. The summed E-state index contributed by atoms with van der Waals surface area (Å²) in [4.78, 5) is 39.2. The largest absolute Gasteiger partial charge is 0.480 e. The maximum atomic E-state index is 12.3. The summed E-state index contributed by atoms with van der Waals surface area (Å²) in [6.45, 7) is 1.03. The average molecular weight is 426 g/mol. The van der Waals surface area contributed by atoms with Gasteiger partial charge in [0.1, 0.15) is 5.75 Å². The Hall–Kier alpha value is -3.72. The number of aliphatic carboxylic acids is 1. The van der Waals surface area contributed by atoms with Gasteiger partial charge in [-0.2, -0.15) is 0 Å². The van der Waals surface area contributed by atoms with E-state index < -0.39 is 18.5 Å². The highest BCUT2D eigenvalue weighted by Crippen LogP contribution is 2.42. The summed E-state index contributed by atoms with van der Waals surface area (Å²) in [6, 6.07) is 10.5. The number of nitrogens with zero attached hydrogens (tertiary/aromatic N) is 1. The molecule has 0 aliphatic carbocycles. The molecule has 3 rings (SSSR count). The Morgan fingerprint density at radius 3 is 2.53 bits per heavy atom. The van der Waals surface area contributed by atoms with Gasteiger partial charge in [0, 0.05) is 28.5 Å². The van der Waals surface area contributed by atoms with Gasteiger partial charge in [0.15, 0.2) is 11.5 Å². The number of anilines is 1. The fourth-order valence-corrected chi connectivity index (χ4v) is 3.94. The number of pyridine rings is 1.